The molecule has 1 atom stereocenters. The van der Waals surface area contributed by atoms with Crippen LogP contribution < -0.4 is 0 Å². The third-order valence-electron chi connectivity index (χ3n) is 4.15. The first-order valence-corrected chi connectivity index (χ1v) is 11.5. The van der Waals surface area contributed by atoms with Crippen LogP contribution in [0.15, 0.2) is 76.5 Å². The van der Waals surface area contributed by atoms with Crippen LogP contribution in [-0.4, -0.2) is 15.0 Å². The Hall–Kier alpha value is -0.951. The van der Waals surface area contributed by atoms with Crippen LogP contribution in [0.1, 0.15) is 38.7 Å². The molecular formula is C21H26SSe. The first-order chi connectivity index (χ1) is 11.1. The zero-order valence-corrected chi connectivity index (χ0v) is 16.8. The zero-order chi connectivity index (χ0) is 16.5. The maximum atomic E-state index is 2.43. The monoisotopic (exact) mass is 390 g/mol. The van der Waals surface area contributed by atoms with Gasteiger partial charge in [-0.25, -0.2) is 0 Å². The standard InChI is InChI=1S/C21H26SSe/c1-18(22-20-15-8-5-9-16-20)12-10-11-17-21(2,23-3)19-13-6-4-7-14-19/h4-9,12-16H,10-11,17H2,1-3H3/b18-12+. The van der Waals surface area contributed by atoms with Crippen molar-refractivity contribution in [2.24, 2.45) is 0 Å². The van der Waals surface area contributed by atoms with Gasteiger partial charge >= 0.3 is 152 Å². The van der Waals surface area contributed by atoms with E-state index in [9.17, 15) is 0 Å². The molecule has 2 heteroatoms. The molecule has 0 radical (unpaired) electrons. The van der Waals surface area contributed by atoms with Crippen LogP contribution in [0.25, 0.3) is 0 Å². The average molecular weight is 389 g/mol. The van der Waals surface area contributed by atoms with Crippen LogP contribution in [0.2, 0.25) is 5.82 Å². The average Bonchev–Trinajstić information content (AvgIpc) is 2.60. The minimum atomic E-state index is 0.364. The molecule has 23 heavy (non-hydrogen) atoms. The fourth-order valence-corrected chi connectivity index (χ4v) is 4.99. The van der Waals surface area contributed by atoms with Crippen molar-refractivity contribution in [1.82, 2.24) is 0 Å². The molecule has 0 N–H and O–H groups in total. The van der Waals surface area contributed by atoms with Gasteiger partial charge in [-0.05, 0) is 0 Å². The molecule has 0 spiro atoms. The van der Waals surface area contributed by atoms with E-state index in [1.165, 1.54) is 34.6 Å². The van der Waals surface area contributed by atoms with Gasteiger partial charge in [0.25, 0.3) is 0 Å². The van der Waals surface area contributed by atoms with Crippen molar-refractivity contribution in [1.29, 1.82) is 0 Å². The summed E-state index contributed by atoms with van der Waals surface area (Å²) in [4.78, 5) is 2.73. The normalized spacial score (nSPS) is 14.5. The first-order valence-electron chi connectivity index (χ1n) is 8.14. The molecule has 2 aromatic carbocycles. The predicted molar refractivity (Wildman–Crippen MR) is 105 cm³/mol. The number of thioether (sulfide) groups is 1. The summed E-state index contributed by atoms with van der Waals surface area (Å²) in [5.41, 5.74) is 1.50. The molecule has 0 bridgehead atoms. The number of unbranched alkanes of at least 4 members (excludes halogenated alkanes) is 1. The Morgan fingerprint density at radius 3 is 2.26 bits per heavy atom. The third-order valence-corrected chi connectivity index (χ3v) is 7.96. The van der Waals surface area contributed by atoms with Gasteiger partial charge in [0, 0.05) is 0 Å². The van der Waals surface area contributed by atoms with Crippen molar-refractivity contribution in [3.63, 3.8) is 0 Å². The second kappa shape index (κ2) is 9.37. The molecule has 0 amide bonds. The van der Waals surface area contributed by atoms with Crippen molar-refractivity contribution >= 4 is 26.7 Å². The van der Waals surface area contributed by atoms with Crippen molar-refractivity contribution in [2.75, 3.05) is 0 Å². The molecule has 0 saturated heterocycles. The molecule has 0 aliphatic rings. The van der Waals surface area contributed by atoms with Gasteiger partial charge in [0.15, 0.2) is 0 Å². The Balaban J connectivity index is 1.85. The fraction of sp³-hybridized carbons (Fsp3) is 0.333. The van der Waals surface area contributed by atoms with Gasteiger partial charge in [-0.3, -0.25) is 0 Å². The zero-order valence-electron chi connectivity index (χ0n) is 14.3. The molecule has 0 aliphatic heterocycles. The van der Waals surface area contributed by atoms with E-state index in [0.717, 1.165) is 0 Å². The molecule has 0 aliphatic carbocycles. The van der Waals surface area contributed by atoms with Crippen LogP contribution in [0, 0.1) is 0 Å². The molecule has 2 rings (SSSR count). The Morgan fingerprint density at radius 2 is 1.65 bits per heavy atom. The van der Waals surface area contributed by atoms with Crippen molar-refractivity contribution in [3.8, 4) is 0 Å². The van der Waals surface area contributed by atoms with E-state index in [4.69, 9.17) is 0 Å². The number of allylic oxidation sites excluding steroid dienone is 2. The Bertz CT molecular complexity index is 606. The number of rotatable bonds is 8. The molecule has 0 aromatic heterocycles. The van der Waals surface area contributed by atoms with Crippen LogP contribution in [-0.2, 0) is 4.31 Å². The van der Waals surface area contributed by atoms with E-state index in [-0.39, 0.29) is 0 Å². The SMILES string of the molecule is C[Se]C(C)(CCC/C=C(\C)Sc1ccccc1)c1ccccc1. The van der Waals surface area contributed by atoms with E-state index in [1.807, 2.05) is 11.8 Å². The van der Waals surface area contributed by atoms with Gasteiger partial charge in [-0.2, -0.15) is 0 Å². The summed E-state index contributed by atoms with van der Waals surface area (Å²) in [7, 11) is 0. The molecular weight excluding hydrogens is 363 g/mol. The molecule has 2 aromatic rings. The van der Waals surface area contributed by atoms with Gasteiger partial charge in [0.05, 0.1) is 0 Å². The number of hydrogen-bond donors (Lipinski definition) is 0. The Morgan fingerprint density at radius 1 is 1.04 bits per heavy atom. The van der Waals surface area contributed by atoms with Gasteiger partial charge in [0.2, 0.25) is 0 Å². The Kier molecular flexibility index (Phi) is 7.49. The van der Waals surface area contributed by atoms with Gasteiger partial charge in [-0.1, -0.05) is 0 Å². The van der Waals surface area contributed by atoms with Crippen LogP contribution in [0.3, 0.4) is 0 Å². The molecule has 0 nitrogen and oxygen atoms in total. The minimum absolute atomic E-state index is 0.364. The van der Waals surface area contributed by atoms with Crippen molar-refractivity contribution in [3.05, 3.63) is 77.2 Å². The van der Waals surface area contributed by atoms with Gasteiger partial charge in [-0.15, -0.1) is 0 Å². The molecule has 0 fully saturated rings. The van der Waals surface area contributed by atoms with E-state index in [2.05, 4.69) is 86.4 Å². The summed E-state index contributed by atoms with van der Waals surface area (Å²) in [6, 6.07) is 21.6. The van der Waals surface area contributed by atoms with Gasteiger partial charge < -0.3 is 0 Å². The molecule has 1 unspecified atom stereocenters. The third kappa shape index (κ3) is 5.88. The second-order valence-corrected chi connectivity index (χ2v) is 9.99. The Labute approximate surface area is 151 Å². The van der Waals surface area contributed by atoms with Crippen molar-refractivity contribution in [2.45, 2.75) is 48.1 Å². The van der Waals surface area contributed by atoms with E-state index in [0.29, 0.717) is 19.3 Å². The van der Waals surface area contributed by atoms with Crippen LogP contribution in [0.4, 0.5) is 0 Å². The summed E-state index contributed by atoms with van der Waals surface area (Å²) < 4.78 is 0.364. The van der Waals surface area contributed by atoms with Crippen molar-refractivity contribution < 1.29 is 0 Å². The molecule has 0 heterocycles. The second-order valence-electron chi connectivity index (χ2n) is 5.92. The number of hydrogen-bond acceptors (Lipinski definition) is 1. The van der Waals surface area contributed by atoms with Crippen LogP contribution >= 0.6 is 11.8 Å². The van der Waals surface area contributed by atoms with Gasteiger partial charge in [0.1, 0.15) is 0 Å². The molecule has 0 saturated carbocycles. The summed E-state index contributed by atoms with van der Waals surface area (Å²) in [6.07, 6.45) is 6.09. The quantitative estimate of drug-likeness (QED) is 0.281. The maximum absolute atomic E-state index is 2.43. The van der Waals surface area contributed by atoms with E-state index >= 15 is 0 Å². The fourth-order valence-electron chi connectivity index (χ4n) is 2.62. The number of benzene rings is 2. The summed E-state index contributed by atoms with van der Waals surface area (Å²) in [5.74, 6) is 2.37. The topological polar surface area (TPSA) is 0 Å². The van der Waals surface area contributed by atoms with Crippen LogP contribution in [0.5, 0.6) is 0 Å². The van der Waals surface area contributed by atoms with E-state index < -0.39 is 0 Å². The van der Waals surface area contributed by atoms with E-state index in [1.54, 1.807) is 0 Å². The first kappa shape index (κ1) is 18.4. The summed E-state index contributed by atoms with van der Waals surface area (Å²) in [6.45, 7) is 4.65. The predicted octanol–water partition coefficient (Wildman–Crippen LogP) is 6.52. The summed E-state index contributed by atoms with van der Waals surface area (Å²) in [5, 5.41) is 0. The summed E-state index contributed by atoms with van der Waals surface area (Å²) >= 11 is 2.49. The molecule has 122 valence electrons.